The summed E-state index contributed by atoms with van der Waals surface area (Å²) in [6, 6.07) is 15.9. The van der Waals surface area contributed by atoms with E-state index in [1.807, 2.05) is 53.8 Å². The summed E-state index contributed by atoms with van der Waals surface area (Å²) in [6.07, 6.45) is 0. The van der Waals surface area contributed by atoms with Crippen LogP contribution >= 0.6 is 15.9 Å². The van der Waals surface area contributed by atoms with Crippen molar-refractivity contribution in [3.63, 3.8) is 0 Å². The van der Waals surface area contributed by atoms with Gasteiger partial charge in [-0.3, -0.25) is 4.40 Å². The van der Waals surface area contributed by atoms with Crippen molar-refractivity contribution in [1.82, 2.24) is 9.38 Å². The molecule has 0 aliphatic heterocycles. The molecule has 2 aromatic heterocycles. The molecular formula is C15H10BrN3. The number of aryl methyl sites for hydroxylation is 1. The zero-order valence-electron chi connectivity index (χ0n) is 10.3. The number of hydrogen-bond acceptors (Lipinski definition) is 2. The van der Waals surface area contributed by atoms with Crippen molar-refractivity contribution in [2.75, 3.05) is 0 Å². The minimum atomic E-state index is 0.579. The van der Waals surface area contributed by atoms with Crippen LogP contribution in [0.25, 0.3) is 16.9 Å². The smallest absolute Gasteiger partial charge is 0.152 e. The van der Waals surface area contributed by atoms with Crippen molar-refractivity contribution in [2.45, 2.75) is 6.92 Å². The van der Waals surface area contributed by atoms with Crippen LogP contribution in [-0.4, -0.2) is 9.38 Å². The van der Waals surface area contributed by atoms with E-state index in [9.17, 15) is 5.26 Å². The molecule has 0 radical (unpaired) electrons. The first-order valence-corrected chi connectivity index (χ1v) is 6.64. The first-order chi connectivity index (χ1) is 9.20. The van der Waals surface area contributed by atoms with E-state index in [0.717, 1.165) is 27.1 Å². The molecule has 0 aliphatic carbocycles. The molecule has 19 heavy (non-hydrogen) atoms. The number of nitriles is 1. The molecule has 3 rings (SSSR count). The summed E-state index contributed by atoms with van der Waals surface area (Å²) in [5.74, 6) is 0. The molecule has 0 N–H and O–H groups in total. The van der Waals surface area contributed by atoms with Crippen LogP contribution in [0.1, 0.15) is 11.4 Å². The fourth-order valence-corrected chi connectivity index (χ4v) is 2.43. The Bertz CT molecular complexity index is 795. The third-order valence-electron chi connectivity index (χ3n) is 3.06. The molecule has 4 heteroatoms. The highest BCUT2D eigenvalue weighted by molar-refractivity contribution is 9.10. The highest BCUT2D eigenvalue weighted by Crippen LogP contribution is 2.26. The lowest BCUT2D eigenvalue weighted by Crippen LogP contribution is -1.93. The molecule has 0 amide bonds. The normalized spacial score (nSPS) is 10.6. The van der Waals surface area contributed by atoms with Crippen molar-refractivity contribution in [3.8, 4) is 17.3 Å². The lowest BCUT2D eigenvalue weighted by atomic mass is 10.1. The fraction of sp³-hybridized carbons (Fsp3) is 0.0667. The predicted octanol–water partition coefficient (Wildman–Crippen LogP) is 3.94. The number of benzene rings is 1. The van der Waals surface area contributed by atoms with Crippen LogP contribution in [0.3, 0.4) is 0 Å². The van der Waals surface area contributed by atoms with Gasteiger partial charge in [0.25, 0.3) is 0 Å². The van der Waals surface area contributed by atoms with Gasteiger partial charge in [0, 0.05) is 15.7 Å². The van der Waals surface area contributed by atoms with Crippen molar-refractivity contribution >= 4 is 21.6 Å². The molecule has 92 valence electrons. The lowest BCUT2D eigenvalue weighted by Gasteiger charge is -2.00. The number of halogens is 1. The van der Waals surface area contributed by atoms with E-state index in [1.54, 1.807) is 0 Å². The maximum Gasteiger partial charge on any atom is 0.152 e. The van der Waals surface area contributed by atoms with Gasteiger partial charge in [-0.2, -0.15) is 5.26 Å². The van der Waals surface area contributed by atoms with Gasteiger partial charge in [0.2, 0.25) is 0 Å². The van der Waals surface area contributed by atoms with Gasteiger partial charge < -0.3 is 0 Å². The molecule has 2 heterocycles. The Kier molecular flexibility index (Phi) is 2.84. The van der Waals surface area contributed by atoms with E-state index in [4.69, 9.17) is 0 Å². The average molecular weight is 312 g/mol. The predicted molar refractivity (Wildman–Crippen MR) is 77.8 cm³/mol. The monoisotopic (exact) mass is 311 g/mol. The van der Waals surface area contributed by atoms with E-state index in [1.165, 1.54) is 0 Å². The van der Waals surface area contributed by atoms with Gasteiger partial charge in [0.05, 0.1) is 0 Å². The fourth-order valence-electron chi connectivity index (χ4n) is 2.17. The Hall–Kier alpha value is -2.12. The summed E-state index contributed by atoms with van der Waals surface area (Å²) in [4.78, 5) is 4.57. The van der Waals surface area contributed by atoms with Gasteiger partial charge in [0.1, 0.15) is 17.4 Å². The van der Waals surface area contributed by atoms with Crippen LogP contribution in [0.4, 0.5) is 0 Å². The van der Waals surface area contributed by atoms with Crippen LogP contribution in [0.5, 0.6) is 0 Å². The molecule has 0 aliphatic rings. The quantitative estimate of drug-likeness (QED) is 0.683. The van der Waals surface area contributed by atoms with Gasteiger partial charge in [-0.15, -0.1) is 0 Å². The van der Waals surface area contributed by atoms with Gasteiger partial charge >= 0.3 is 0 Å². The largest absolute Gasteiger partial charge is 0.288 e. The number of rotatable bonds is 1. The van der Waals surface area contributed by atoms with Gasteiger partial charge in [0.15, 0.2) is 5.69 Å². The number of aromatic nitrogens is 2. The molecule has 3 nitrogen and oxygen atoms in total. The Morgan fingerprint density at radius 1 is 1.16 bits per heavy atom. The summed E-state index contributed by atoms with van der Waals surface area (Å²) in [7, 11) is 0. The lowest BCUT2D eigenvalue weighted by molar-refractivity contribution is 1.07. The molecule has 1 aromatic carbocycles. The van der Waals surface area contributed by atoms with Gasteiger partial charge in [-0.05, 0) is 31.2 Å². The van der Waals surface area contributed by atoms with Crippen molar-refractivity contribution in [3.05, 3.63) is 58.3 Å². The third kappa shape index (κ3) is 1.92. The second kappa shape index (κ2) is 4.52. The zero-order valence-corrected chi connectivity index (χ0v) is 11.8. The molecule has 0 unspecified atom stereocenters. The number of pyridine rings is 1. The SMILES string of the molecule is Cc1cccc2nc(-c3ccc(Br)cc3)c(C#N)n12. The highest BCUT2D eigenvalue weighted by atomic mass is 79.9. The molecule has 0 spiro atoms. The molecule has 0 fully saturated rings. The van der Waals surface area contributed by atoms with E-state index < -0.39 is 0 Å². The summed E-state index contributed by atoms with van der Waals surface area (Å²) in [6.45, 7) is 1.97. The highest BCUT2D eigenvalue weighted by Gasteiger charge is 2.14. The standard InChI is InChI=1S/C15H10BrN3/c1-10-3-2-4-14-18-15(13(9-17)19(10)14)11-5-7-12(16)8-6-11/h2-8H,1H3. The number of nitrogens with zero attached hydrogens (tertiary/aromatic N) is 3. The van der Waals surface area contributed by atoms with Crippen LogP contribution in [0, 0.1) is 18.3 Å². The third-order valence-corrected chi connectivity index (χ3v) is 3.59. The summed E-state index contributed by atoms with van der Waals surface area (Å²) >= 11 is 3.41. The zero-order chi connectivity index (χ0) is 13.4. The van der Waals surface area contributed by atoms with Crippen LogP contribution in [-0.2, 0) is 0 Å². The molecule has 0 atom stereocenters. The van der Waals surface area contributed by atoms with Gasteiger partial charge in [-0.25, -0.2) is 4.98 Å². The van der Waals surface area contributed by atoms with Crippen LogP contribution in [0.15, 0.2) is 46.9 Å². The minimum absolute atomic E-state index is 0.579. The van der Waals surface area contributed by atoms with Crippen molar-refractivity contribution in [1.29, 1.82) is 5.26 Å². The van der Waals surface area contributed by atoms with Crippen molar-refractivity contribution < 1.29 is 0 Å². The number of fused-ring (bicyclic) bond motifs is 1. The Labute approximate surface area is 119 Å². The maximum atomic E-state index is 9.43. The first-order valence-electron chi connectivity index (χ1n) is 5.85. The van der Waals surface area contributed by atoms with E-state index in [0.29, 0.717) is 5.69 Å². The maximum absolute atomic E-state index is 9.43. The molecular weight excluding hydrogens is 302 g/mol. The van der Waals surface area contributed by atoms with Crippen LogP contribution in [0.2, 0.25) is 0 Å². The summed E-state index contributed by atoms with van der Waals surface area (Å²) in [5, 5.41) is 9.43. The molecule has 0 saturated heterocycles. The minimum Gasteiger partial charge on any atom is -0.288 e. The molecule has 0 saturated carbocycles. The second-order valence-electron chi connectivity index (χ2n) is 4.29. The Morgan fingerprint density at radius 2 is 1.89 bits per heavy atom. The summed E-state index contributed by atoms with van der Waals surface area (Å²) < 4.78 is 2.90. The topological polar surface area (TPSA) is 41.1 Å². The Morgan fingerprint density at radius 3 is 2.58 bits per heavy atom. The first kappa shape index (κ1) is 11.9. The van der Waals surface area contributed by atoms with Gasteiger partial charge in [-0.1, -0.05) is 34.1 Å². The molecule has 0 bridgehead atoms. The Balaban J connectivity index is 2.33. The summed E-state index contributed by atoms with van der Waals surface area (Å²) in [5.41, 5.74) is 4.06. The second-order valence-corrected chi connectivity index (χ2v) is 5.20. The van der Waals surface area contributed by atoms with E-state index in [2.05, 4.69) is 27.0 Å². The van der Waals surface area contributed by atoms with E-state index >= 15 is 0 Å². The average Bonchev–Trinajstić information content (AvgIpc) is 2.79. The van der Waals surface area contributed by atoms with Crippen molar-refractivity contribution in [2.24, 2.45) is 0 Å². The number of hydrogen-bond donors (Lipinski definition) is 0. The molecule has 3 aromatic rings. The van der Waals surface area contributed by atoms with E-state index in [-0.39, 0.29) is 0 Å². The van der Waals surface area contributed by atoms with Crippen LogP contribution < -0.4 is 0 Å². The number of imidazole rings is 1.